The molecule has 1 amide bonds. The van der Waals surface area contributed by atoms with E-state index in [0.717, 1.165) is 36.9 Å². The van der Waals surface area contributed by atoms with Crippen LogP contribution in [-0.4, -0.2) is 43.7 Å². The van der Waals surface area contributed by atoms with E-state index in [1.165, 1.54) is 25.6 Å². The van der Waals surface area contributed by atoms with E-state index >= 15 is 0 Å². The van der Waals surface area contributed by atoms with Crippen LogP contribution in [0.25, 0.3) is 16.8 Å². The van der Waals surface area contributed by atoms with Gasteiger partial charge < -0.3 is 15.8 Å². The van der Waals surface area contributed by atoms with E-state index in [0.29, 0.717) is 23.3 Å². The molecule has 2 aliphatic rings. The molecule has 5 rings (SSSR count). The number of amides is 1. The summed E-state index contributed by atoms with van der Waals surface area (Å²) in [6, 6.07) is 5.73. The lowest BCUT2D eigenvalue weighted by Crippen LogP contribution is -2.40. The maximum absolute atomic E-state index is 13.2. The molecule has 0 atom stereocenters. The number of anilines is 1. The molecule has 0 aromatic carbocycles. The number of carbonyl (C=O) groups is 1. The lowest BCUT2D eigenvalue weighted by atomic mass is 9.91. The van der Waals surface area contributed by atoms with Gasteiger partial charge in [0, 0.05) is 24.0 Å². The monoisotopic (exact) mass is 406 g/mol. The molecule has 2 aliphatic carbocycles. The van der Waals surface area contributed by atoms with E-state index in [-0.39, 0.29) is 17.8 Å². The molecule has 3 aromatic heterocycles. The molecule has 3 N–H and O–H groups in total. The largest absolute Gasteiger partial charge is 0.382 e. The molecule has 0 bridgehead atoms. The van der Waals surface area contributed by atoms with Crippen LogP contribution in [0.3, 0.4) is 0 Å². The van der Waals surface area contributed by atoms with Gasteiger partial charge in [0.1, 0.15) is 11.8 Å². The number of hydrogen-bond acceptors (Lipinski definition) is 6. The quantitative estimate of drug-likeness (QED) is 0.674. The van der Waals surface area contributed by atoms with Gasteiger partial charge in [0.15, 0.2) is 5.82 Å². The van der Waals surface area contributed by atoms with Gasteiger partial charge in [-0.3, -0.25) is 9.78 Å². The van der Waals surface area contributed by atoms with Crippen molar-refractivity contribution in [1.29, 1.82) is 0 Å². The van der Waals surface area contributed by atoms with Gasteiger partial charge in [0.05, 0.1) is 23.5 Å². The second-order valence-corrected chi connectivity index (χ2v) is 8.22. The van der Waals surface area contributed by atoms with Gasteiger partial charge in [-0.25, -0.2) is 9.50 Å². The fourth-order valence-corrected chi connectivity index (χ4v) is 4.35. The Bertz CT molecular complexity index is 1040. The minimum absolute atomic E-state index is 0.141. The van der Waals surface area contributed by atoms with Crippen LogP contribution in [0.4, 0.5) is 5.82 Å². The van der Waals surface area contributed by atoms with E-state index in [1.54, 1.807) is 16.9 Å². The first kappa shape index (κ1) is 19.0. The van der Waals surface area contributed by atoms with Crippen molar-refractivity contribution in [2.75, 3.05) is 5.73 Å². The third kappa shape index (κ3) is 3.63. The molecule has 30 heavy (non-hydrogen) atoms. The van der Waals surface area contributed by atoms with Gasteiger partial charge in [-0.1, -0.05) is 0 Å². The first-order chi connectivity index (χ1) is 14.7. The Morgan fingerprint density at radius 2 is 1.83 bits per heavy atom. The second kappa shape index (κ2) is 8.02. The van der Waals surface area contributed by atoms with E-state index in [9.17, 15) is 4.79 Å². The molecule has 0 aliphatic heterocycles. The fraction of sp³-hybridized carbons (Fsp3) is 0.455. The minimum Gasteiger partial charge on any atom is -0.382 e. The SMILES string of the molecule is Nc1ncnn2c(-c3ccncc3)cc(C(=O)N[C@H]3CC[C@H](OC4CCC4)CC3)c12. The molecule has 0 radical (unpaired) electrons. The number of fused-ring (bicyclic) bond motifs is 1. The number of nitrogens with one attached hydrogen (secondary N) is 1. The number of aromatic nitrogens is 4. The van der Waals surface area contributed by atoms with Crippen molar-refractivity contribution >= 4 is 17.2 Å². The van der Waals surface area contributed by atoms with Crippen LogP contribution in [0.15, 0.2) is 36.9 Å². The molecule has 0 spiro atoms. The van der Waals surface area contributed by atoms with Crippen LogP contribution in [0, 0.1) is 0 Å². The Labute approximate surface area is 174 Å². The molecule has 3 heterocycles. The number of carbonyl (C=O) groups excluding carboxylic acids is 1. The number of rotatable bonds is 5. The van der Waals surface area contributed by atoms with Gasteiger partial charge in [-0.15, -0.1) is 0 Å². The zero-order valence-corrected chi connectivity index (χ0v) is 16.8. The predicted molar refractivity (Wildman–Crippen MR) is 113 cm³/mol. The molecule has 2 saturated carbocycles. The first-order valence-corrected chi connectivity index (χ1v) is 10.7. The number of hydrogen-bond donors (Lipinski definition) is 2. The summed E-state index contributed by atoms with van der Waals surface area (Å²) in [5.74, 6) is 0.144. The predicted octanol–water partition coefficient (Wildman–Crippen LogP) is 2.98. The van der Waals surface area contributed by atoms with Crippen molar-refractivity contribution < 1.29 is 9.53 Å². The van der Waals surface area contributed by atoms with E-state index in [4.69, 9.17) is 10.5 Å². The van der Waals surface area contributed by atoms with Crippen LogP contribution in [-0.2, 0) is 4.74 Å². The van der Waals surface area contributed by atoms with Gasteiger partial charge in [-0.2, -0.15) is 5.10 Å². The van der Waals surface area contributed by atoms with E-state index in [2.05, 4.69) is 20.4 Å². The maximum Gasteiger partial charge on any atom is 0.253 e. The highest BCUT2D eigenvalue weighted by molar-refractivity contribution is 6.05. The average molecular weight is 406 g/mol. The average Bonchev–Trinajstić information content (AvgIpc) is 3.14. The van der Waals surface area contributed by atoms with Crippen molar-refractivity contribution in [3.63, 3.8) is 0 Å². The van der Waals surface area contributed by atoms with Crippen molar-refractivity contribution in [3.8, 4) is 11.3 Å². The maximum atomic E-state index is 13.2. The Kier molecular flexibility index (Phi) is 5.08. The fourth-order valence-electron chi connectivity index (χ4n) is 4.35. The normalized spacial score (nSPS) is 22.0. The summed E-state index contributed by atoms with van der Waals surface area (Å²) < 4.78 is 7.81. The van der Waals surface area contributed by atoms with Crippen molar-refractivity contribution in [3.05, 3.63) is 42.5 Å². The highest BCUT2D eigenvalue weighted by atomic mass is 16.5. The Morgan fingerprint density at radius 1 is 1.10 bits per heavy atom. The Hall–Kier alpha value is -3.00. The number of nitrogens with zero attached hydrogens (tertiary/aromatic N) is 4. The lowest BCUT2D eigenvalue weighted by molar-refractivity contribution is -0.0669. The van der Waals surface area contributed by atoms with Crippen LogP contribution in [0.2, 0.25) is 0 Å². The van der Waals surface area contributed by atoms with Crippen LogP contribution in [0.1, 0.15) is 55.3 Å². The van der Waals surface area contributed by atoms with Crippen LogP contribution in [0.5, 0.6) is 0 Å². The van der Waals surface area contributed by atoms with Crippen molar-refractivity contribution in [2.45, 2.75) is 63.2 Å². The summed E-state index contributed by atoms with van der Waals surface area (Å²) in [6.07, 6.45) is 13.1. The highest BCUT2D eigenvalue weighted by Gasteiger charge is 2.28. The standard InChI is InChI=1S/C22H26N6O2/c23-21-20-18(12-19(28(20)26-13-25-21)14-8-10-24-11-9-14)22(29)27-15-4-6-17(7-5-15)30-16-2-1-3-16/h8-13,15-17H,1-7H2,(H,27,29)(H2,23,25,26)/t15-,17-. The molecule has 2 fully saturated rings. The number of ether oxygens (including phenoxy) is 1. The smallest absolute Gasteiger partial charge is 0.253 e. The topological polar surface area (TPSA) is 107 Å². The molecular weight excluding hydrogens is 380 g/mol. The van der Waals surface area contributed by atoms with E-state index in [1.807, 2.05) is 18.2 Å². The summed E-state index contributed by atoms with van der Waals surface area (Å²) in [6.45, 7) is 0. The van der Waals surface area contributed by atoms with Gasteiger partial charge in [0.25, 0.3) is 5.91 Å². The summed E-state index contributed by atoms with van der Waals surface area (Å²) in [4.78, 5) is 21.3. The second-order valence-electron chi connectivity index (χ2n) is 8.22. The number of nitrogen functional groups attached to an aromatic ring is 1. The third-order valence-electron chi connectivity index (χ3n) is 6.25. The van der Waals surface area contributed by atoms with Crippen molar-refractivity contribution in [2.24, 2.45) is 0 Å². The van der Waals surface area contributed by atoms with Gasteiger partial charge >= 0.3 is 0 Å². The Balaban J connectivity index is 1.34. The zero-order chi connectivity index (χ0) is 20.5. The molecule has 156 valence electrons. The zero-order valence-electron chi connectivity index (χ0n) is 16.8. The molecular formula is C22H26N6O2. The minimum atomic E-state index is -0.141. The summed E-state index contributed by atoms with van der Waals surface area (Å²) in [7, 11) is 0. The molecule has 8 heteroatoms. The van der Waals surface area contributed by atoms with E-state index < -0.39 is 0 Å². The highest BCUT2D eigenvalue weighted by Crippen LogP contribution is 2.30. The first-order valence-electron chi connectivity index (χ1n) is 10.7. The third-order valence-corrected chi connectivity index (χ3v) is 6.25. The Morgan fingerprint density at radius 3 is 2.53 bits per heavy atom. The number of pyridine rings is 1. The molecule has 3 aromatic rings. The molecule has 0 unspecified atom stereocenters. The summed E-state index contributed by atoms with van der Waals surface area (Å²) in [5, 5.41) is 7.52. The van der Waals surface area contributed by atoms with Crippen LogP contribution >= 0.6 is 0 Å². The van der Waals surface area contributed by atoms with Gasteiger partial charge in [-0.05, 0) is 63.1 Å². The molecule has 0 saturated heterocycles. The summed E-state index contributed by atoms with van der Waals surface area (Å²) in [5.41, 5.74) is 8.84. The number of nitrogens with two attached hydrogens (primary N) is 1. The summed E-state index contributed by atoms with van der Waals surface area (Å²) >= 11 is 0. The lowest BCUT2D eigenvalue weighted by Gasteiger charge is -2.34. The molecule has 8 nitrogen and oxygen atoms in total. The van der Waals surface area contributed by atoms with Gasteiger partial charge in [0.2, 0.25) is 0 Å². The van der Waals surface area contributed by atoms with Crippen LogP contribution < -0.4 is 11.1 Å². The van der Waals surface area contributed by atoms with Crippen molar-refractivity contribution in [1.82, 2.24) is 24.9 Å².